The number of halogens is 6. The highest BCUT2D eigenvalue weighted by Gasteiger charge is 2.35. The van der Waals surface area contributed by atoms with Crippen molar-refractivity contribution in [3.05, 3.63) is 58.9 Å². The zero-order valence-electron chi connectivity index (χ0n) is 19.9. The molecule has 0 radical (unpaired) electrons. The molecular weight excluding hydrogens is 466 g/mol. The molecule has 0 amide bonds. The highest BCUT2D eigenvalue weighted by atomic mass is 19.4. The maximum atomic E-state index is 15.3. The fourth-order valence-electron chi connectivity index (χ4n) is 6.15. The van der Waals surface area contributed by atoms with Crippen molar-refractivity contribution < 1.29 is 31.1 Å². The number of ether oxygens (including phenoxy) is 1. The fourth-order valence-corrected chi connectivity index (χ4v) is 6.15. The average Bonchev–Trinajstić information content (AvgIpc) is 2.81. The van der Waals surface area contributed by atoms with Crippen LogP contribution in [0, 0.1) is 35.2 Å². The smallest absolute Gasteiger partial charge is 0.419 e. The molecule has 4 rings (SSSR count). The number of alkyl halides is 3. The second-order valence-corrected chi connectivity index (χ2v) is 10.2. The SMILES string of the molecule is CCCC1CCC(C2CCC(c3c(F)ccc(Oc4ccc(C(F)(F)F)c(F)c4)c3F)CC2)CC1. The van der Waals surface area contributed by atoms with E-state index in [-0.39, 0.29) is 23.0 Å². The summed E-state index contributed by atoms with van der Waals surface area (Å²) in [6.07, 6.45) is 5.98. The van der Waals surface area contributed by atoms with E-state index in [2.05, 4.69) is 6.92 Å². The fraction of sp³-hybridized carbons (Fsp3) is 0.571. The minimum absolute atomic E-state index is 0.0417. The minimum atomic E-state index is -4.84. The molecule has 1 nitrogen and oxygen atoms in total. The van der Waals surface area contributed by atoms with Gasteiger partial charge in [0, 0.05) is 11.6 Å². The normalized spacial score (nSPS) is 25.5. The van der Waals surface area contributed by atoms with Crippen LogP contribution in [0.3, 0.4) is 0 Å². The lowest BCUT2D eigenvalue weighted by Crippen LogP contribution is -2.26. The summed E-state index contributed by atoms with van der Waals surface area (Å²) in [7, 11) is 0. The molecule has 2 aromatic rings. The molecule has 2 fully saturated rings. The van der Waals surface area contributed by atoms with E-state index in [1.165, 1.54) is 38.5 Å². The Morgan fingerprint density at radius 1 is 0.800 bits per heavy atom. The van der Waals surface area contributed by atoms with Crippen molar-refractivity contribution in [1.82, 2.24) is 0 Å². The van der Waals surface area contributed by atoms with Gasteiger partial charge in [0.05, 0.1) is 5.56 Å². The van der Waals surface area contributed by atoms with Crippen molar-refractivity contribution in [3.63, 3.8) is 0 Å². The lowest BCUT2D eigenvalue weighted by Gasteiger charge is -2.38. The molecule has 192 valence electrons. The number of benzene rings is 2. The Bertz CT molecular complexity index is 1000. The lowest BCUT2D eigenvalue weighted by atomic mass is 9.68. The third-order valence-corrected chi connectivity index (χ3v) is 8.00. The van der Waals surface area contributed by atoms with Gasteiger partial charge in [0.15, 0.2) is 11.6 Å². The average molecular weight is 499 g/mol. The Kier molecular flexibility index (Phi) is 8.02. The Morgan fingerprint density at radius 2 is 1.43 bits per heavy atom. The first-order valence-corrected chi connectivity index (χ1v) is 12.7. The van der Waals surface area contributed by atoms with Gasteiger partial charge in [-0.05, 0) is 86.5 Å². The van der Waals surface area contributed by atoms with Crippen LogP contribution in [-0.2, 0) is 6.18 Å². The van der Waals surface area contributed by atoms with Gasteiger partial charge in [0.1, 0.15) is 17.4 Å². The second-order valence-electron chi connectivity index (χ2n) is 10.2. The number of hydrogen-bond donors (Lipinski definition) is 0. The van der Waals surface area contributed by atoms with E-state index >= 15 is 4.39 Å². The van der Waals surface area contributed by atoms with Crippen molar-refractivity contribution in [2.75, 3.05) is 0 Å². The first kappa shape index (κ1) is 25.9. The Morgan fingerprint density at radius 3 is 2.00 bits per heavy atom. The molecule has 35 heavy (non-hydrogen) atoms. The predicted molar refractivity (Wildman–Crippen MR) is 123 cm³/mol. The van der Waals surface area contributed by atoms with Crippen molar-refractivity contribution in [3.8, 4) is 11.5 Å². The molecule has 0 bridgehead atoms. The molecule has 0 atom stereocenters. The van der Waals surface area contributed by atoms with Gasteiger partial charge in [-0.15, -0.1) is 0 Å². The quantitative estimate of drug-likeness (QED) is 0.360. The molecule has 0 spiro atoms. The molecule has 2 aromatic carbocycles. The van der Waals surface area contributed by atoms with Crippen LogP contribution in [0.5, 0.6) is 11.5 Å². The Hall–Kier alpha value is -2.18. The molecule has 0 saturated heterocycles. The van der Waals surface area contributed by atoms with Gasteiger partial charge in [-0.25, -0.2) is 13.2 Å². The van der Waals surface area contributed by atoms with Gasteiger partial charge in [0.2, 0.25) is 0 Å². The van der Waals surface area contributed by atoms with Crippen LogP contribution in [0.2, 0.25) is 0 Å². The number of rotatable bonds is 6. The summed E-state index contributed by atoms with van der Waals surface area (Å²) in [4.78, 5) is 0. The predicted octanol–water partition coefficient (Wildman–Crippen LogP) is 9.80. The molecular formula is C28H32F6O. The van der Waals surface area contributed by atoms with Gasteiger partial charge < -0.3 is 4.74 Å². The summed E-state index contributed by atoms with van der Waals surface area (Å²) in [5.41, 5.74) is -1.47. The van der Waals surface area contributed by atoms with Gasteiger partial charge >= 0.3 is 6.18 Å². The first-order valence-electron chi connectivity index (χ1n) is 12.7. The Labute approximate surface area is 202 Å². The summed E-state index contributed by atoms with van der Waals surface area (Å²) in [6, 6.07) is 4.23. The minimum Gasteiger partial charge on any atom is -0.454 e. The molecule has 0 unspecified atom stereocenters. The summed E-state index contributed by atoms with van der Waals surface area (Å²) in [6.45, 7) is 2.23. The van der Waals surface area contributed by atoms with Crippen LogP contribution in [0.15, 0.2) is 30.3 Å². The van der Waals surface area contributed by atoms with E-state index in [1.54, 1.807) is 0 Å². The van der Waals surface area contributed by atoms with Crippen molar-refractivity contribution in [2.45, 2.75) is 83.2 Å². The third-order valence-electron chi connectivity index (χ3n) is 8.00. The lowest BCUT2D eigenvalue weighted by molar-refractivity contribution is -0.140. The molecule has 2 saturated carbocycles. The van der Waals surface area contributed by atoms with Crippen molar-refractivity contribution in [1.29, 1.82) is 0 Å². The van der Waals surface area contributed by atoms with E-state index in [4.69, 9.17) is 4.74 Å². The maximum Gasteiger partial charge on any atom is 0.419 e. The van der Waals surface area contributed by atoms with E-state index < -0.39 is 29.2 Å². The van der Waals surface area contributed by atoms with E-state index in [9.17, 15) is 22.0 Å². The Balaban J connectivity index is 1.42. The van der Waals surface area contributed by atoms with Crippen LogP contribution in [0.25, 0.3) is 0 Å². The standard InChI is InChI=1S/C28H32F6O/c1-2-3-17-4-6-18(7-5-17)19-8-10-20(11-9-19)26-23(29)14-15-25(27(26)31)35-21-12-13-22(24(30)16-21)28(32,33)34/h12-20H,2-11H2,1H3. The third kappa shape index (κ3) is 5.97. The first-order chi connectivity index (χ1) is 16.7. The zero-order chi connectivity index (χ0) is 25.2. The monoisotopic (exact) mass is 498 g/mol. The molecule has 2 aliphatic carbocycles. The highest BCUT2D eigenvalue weighted by Crippen LogP contribution is 2.46. The summed E-state index contributed by atoms with van der Waals surface area (Å²) in [5, 5.41) is 0. The molecule has 0 aliphatic heterocycles. The van der Waals surface area contributed by atoms with Gasteiger partial charge in [-0.3, -0.25) is 0 Å². The van der Waals surface area contributed by atoms with Crippen molar-refractivity contribution in [2.24, 2.45) is 17.8 Å². The van der Waals surface area contributed by atoms with Crippen LogP contribution in [0.4, 0.5) is 26.3 Å². The highest BCUT2D eigenvalue weighted by molar-refractivity contribution is 5.39. The van der Waals surface area contributed by atoms with Crippen LogP contribution in [0.1, 0.15) is 88.2 Å². The second kappa shape index (κ2) is 10.8. The maximum absolute atomic E-state index is 15.3. The summed E-state index contributed by atoms with van der Waals surface area (Å²) < 4.78 is 87.6. The van der Waals surface area contributed by atoms with Crippen LogP contribution >= 0.6 is 0 Å². The molecule has 0 aromatic heterocycles. The van der Waals surface area contributed by atoms with Crippen molar-refractivity contribution >= 4 is 0 Å². The van der Waals surface area contributed by atoms with Gasteiger partial charge in [-0.1, -0.05) is 32.6 Å². The van der Waals surface area contributed by atoms with Gasteiger partial charge in [-0.2, -0.15) is 13.2 Å². The summed E-state index contributed by atoms with van der Waals surface area (Å²) >= 11 is 0. The molecule has 0 N–H and O–H groups in total. The molecule has 7 heteroatoms. The largest absolute Gasteiger partial charge is 0.454 e. The zero-order valence-corrected chi connectivity index (χ0v) is 19.9. The van der Waals surface area contributed by atoms with Crippen LogP contribution < -0.4 is 4.74 Å². The van der Waals surface area contributed by atoms with E-state index in [0.29, 0.717) is 36.8 Å². The van der Waals surface area contributed by atoms with E-state index in [0.717, 1.165) is 37.0 Å². The van der Waals surface area contributed by atoms with Crippen LogP contribution in [-0.4, -0.2) is 0 Å². The number of hydrogen-bond acceptors (Lipinski definition) is 1. The topological polar surface area (TPSA) is 9.23 Å². The van der Waals surface area contributed by atoms with Gasteiger partial charge in [0.25, 0.3) is 0 Å². The molecule has 0 heterocycles. The molecule has 2 aliphatic rings. The van der Waals surface area contributed by atoms with E-state index in [1.807, 2.05) is 0 Å². The summed E-state index contributed by atoms with van der Waals surface area (Å²) in [5.74, 6) is -1.79.